The number of hydrogen-bond donors (Lipinski definition) is 1. The van der Waals surface area contributed by atoms with Gasteiger partial charge in [-0.3, -0.25) is 4.79 Å². The Balaban J connectivity index is 1.10. The summed E-state index contributed by atoms with van der Waals surface area (Å²) in [5.41, 5.74) is 5.21. The number of ether oxygens (including phenoxy) is 1. The Kier molecular flexibility index (Phi) is 6.86. The van der Waals surface area contributed by atoms with Gasteiger partial charge in [-0.2, -0.15) is 0 Å². The lowest BCUT2D eigenvalue weighted by Crippen LogP contribution is -2.46. The van der Waals surface area contributed by atoms with Gasteiger partial charge >= 0.3 is 5.97 Å². The van der Waals surface area contributed by atoms with E-state index in [4.69, 9.17) is 4.74 Å². The molecule has 2 saturated heterocycles. The van der Waals surface area contributed by atoms with Crippen molar-refractivity contribution in [3.63, 3.8) is 0 Å². The number of carbonyl (C=O) groups excluding carboxylic acids is 2. The van der Waals surface area contributed by atoms with Gasteiger partial charge in [-0.25, -0.2) is 4.79 Å². The summed E-state index contributed by atoms with van der Waals surface area (Å²) in [6.45, 7) is 2.72. The van der Waals surface area contributed by atoms with Crippen molar-refractivity contribution >= 4 is 17.6 Å². The van der Waals surface area contributed by atoms with Crippen LogP contribution in [0.1, 0.15) is 42.4 Å². The summed E-state index contributed by atoms with van der Waals surface area (Å²) >= 11 is 0. The fraction of sp³-hybridized carbons (Fsp3) is 0.500. The molecule has 34 heavy (non-hydrogen) atoms. The third-order valence-electron chi connectivity index (χ3n) is 7.72. The van der Waals surface area contributed by atoms with Gasteiger partial charge in [-0.1, -0.05) is 36.4 Å². The number of esters is 1. The molecule has 0 bridgehead atoms. The molecule has 2 fully saturated rings. The highest BCUT2D eigenvalue weighted by molar-refractivity contribution is 5.86. The van der Waals surface area contributed by atoms with Crippen molar-refractivity contribution in [2.75, 3.05) is 31.6 Å². The number of carbonyl (C=O) groups is 2. The first kappa shape index (κ1) is 22.9. The van der Waals surface area contributed by atoms with Gasteiger partial charge in [0.25, 0.3) is 0 Å². The van der Waals surface area contributed by atoms with E-state index >= 15 is 0 Å². The van der Waals surface area contributed by atoms with Gasteiger partial charge in [0.1, 0.15) is 6.04 Å². The second-order valence-electron chi connectivity index (χ2n) is 9.91. The van der Waals surface area contributed by atoms with Crippen molar-refractivity contribution in [2.45, 2.75) is 63.1 Å². The highest BCUT2D eigenvalue weighted by Crippen LogP contribution is 2.25. The molecule has 6 heteroatoms. The van der Waals surface area contributed by atoms with E-state index in [0.29, 0.717) is 31.5 Å². The van der Waals surface area contributed by atoms with Gasteiger partial charge < -0.3 is 19.9 Å². The summed E-state index contributed by atoms with van der Waals surface area (Å²) in [4.78, 5) is 28.9. The summed E-state index contributed by atoms with van der Waals surface area (Å²) in [6, 6.07) is 17.9. The molecule has 3 aliphatic rings. The van der Waals surface area contributed by atoms with Crippen molar-refractivity contribution in [2.24, 2.45) is 0 Å². The summed E-state index contributed by atoms with van der Waals surface area (Å²) in [7, 11) is 1.38. The lowest BCUT2D eigenvalue weighted by atomic mass is 10.0. The molecule has 1 N–H and O–H groups in total. The average Bonchev–Trinajstić information content (AvgIpc) is 3.51. The molecule has 1 atom stereocenters. The van der Waals surface area contributed by atoms with E-state index in [0.717, 1.165) is 50.8 Å². The van der Waals surface area contributed by atoms with E-state index < -0.39 is 6.04 Å². The number of nitrogens with zero attached hydrogens (tertiary/aromatic N) is 2. The highest BCUT2D eigenvalue weighted by Gasteiger charge is 2.34. The summed E-state index contributed by atoms with van der Waals surface area (Å²) in [6.07, 6.45) is 6.46. The van der Waals surface area contributed by atoms with Crippen LogP contribution < -0.4 is 10.2 Å². The topological polar surface area (TPSA) is 61.9 Å². The SMILES string of the molecule is COC(=O)[C@@H]1CCCN1C(=O)Cc1ccc(N2CCC(NC3Cc4ccccc4C3)CC2)cc1. The van der Waals surface area contributed by atoms with Gasteiger partial charge in [-0.05, 0) is 67.3 Å². The van der Waals surface area contributed by atoms with Crippen LogP contribution in [0.2, 0.25) is 0 Å². The standard InChI is InChI=1S/C28H35N3O3/c1-34-28(33)26-7-4-14-31(26)27(32)17-20-8-10-25(11-9-20)30-15-12-23(13-16-30)29-24-18-21-5-2-3-6-22(21)19-24/h2-3,5-6,8-11,23-24,26,29H,4,7,12-19H2,1H3/t26-/m0/s1. The zero-order valence-corrected chi connectivity index (χ0v) is 20.0. The van der Waals surface area contributed by atoms with Crippen LogP contribution in [0.15, 0.2) is 48.5 Å². The second kappa shape index (κ2) is 10.2. The van der Waals surface area contributed by atoms with Crippen molar-refractivity contribution in [1.82, 2.24) is 10.2 Å². The average molecular weight is 462 g/mol. The quantitative estimate of drug-likeness (QED) is 0.670. The molecule has 5 rings (SSSR count). The van der Waals surface area contributed by atoms with Crippen LogP contribution in [0.4, 0.5) is 5.69 Å². The first-order chi connectivity index (χ1) is 16.6. The van der Waals surface area contributed by atoms with Gasteiger partial charge in [0.15, 0.2) is 0 Å². The molecule has 1 amide bonds. The van der Waals surface area contributed by atoms with Crippen molar-refractivity contribution < 1.29 is 14.3 Å². The molecule has 1 aliphatic carbocycles. The molecule has 0 unspecified atom stereocenters. The Morgan fingerprint density at radius 2 is 1.59 bits per heavy atom. The van der Waals surface area contributed by atoms with Gasteiger partial charge in [0.2, 0.25) is 5.91 Å². The number of hydrogen-bond acceptors (Lipinski definition) is 5. The van der Waals surface area contributed by atoms with Crippen LogP contribution in [-0.2, 0) is 33.6 Å². The van der Waals surface area contributed by atoms with E-state index in [1.807, 2.05) is 0 Å². The molecule has 6 nitrogen and oxygen atoms in total. The Labute approximate surface area is 202 Å². The Hall–Kier alpha value is -2.86. The zero-order chi connectivity index (χ0) is 23.5. The van der Waals surface area contributed by atoms with Gasteiger partial charge in [0, 0.05) is 37.4 Å². The maximum Gasteiger partial charge on any atom is 0.328 e. The Bertz CT molecular complexity index is 989. The maximum atomic E-state index is 12.8. The van der Waals surface area contributed by atoms with E-state index in [1.165, 1.54) is 23.9 Å². The van der Waals surface area contributed by atoms with E-state index in [2.05, 4.69) is 58.7 Å². The molecule has 180 valence electrons. The number of rotatable bonds is 6. The monoisotopic (exact) mass is 461 g/mol. The Morgan fingerprint density at radius 3 is 2.24 bits per heavy atom. The molecule has 0 radical (unpaired) electrons. The number of benzene rings is 2. The maximum absolute atomic E-state index is 12.8. The predicted octanol–water partition coefficient (Wildman–Crippen LogP) is 3.12. The molecule has 0 saturated carbocycles. The molecule has 2 aromatic rings. The summed E-state index contributed by atoms with van der Waals surface area (Å²) < 4.78 is 4.86. The molecule has 2 aromatic carbocycles. The Morgan fingerprint density at radius 1 is 0.912 bits per heavy atom. The minimum absolute atomic E-state index is 0.00148. The molecular formula is C28H35N3O3. The van der Waals surface area contributed by atoms with E-state index in [1.54, 1.807) is 4.90 Å². The number of likely N-dealkylation sites (tertiary alicyclic amines) is 1. The van der Waals surface area contributed by atoms with Crippen molar-refractivity contribution in [3.8, 4) is 0 Å². The third kappa shape index (κ3) is 4.97. The zero-order valence-electron chi connectivity index (χ0n) is 20.0. The third-order valence-corrected chi connectivity index (χ3v) is 7.72. The van der Waals surface area contributed by atoms with Gasteiger partial charge in [-0.15, -0.1) is 0 Å². The fourth-order valence-corrected chi connectivity index (χ4v) is 5.86. The van der Waals surface area contributed by atoms with Gasteiger partial charge in [0.05, 0.1) is 13.5 Å². The van der Waals surface area contributed by atoms with Crippen LogP contribution in [0.5, 0.6) is 0 Å². The molecule has 2 heterocycles. The number of fused-ring (bicyclic) bond motifs is 1. The van der Waals surface area contributed by atoms with Crippen LogP contribution in [0.3, 0.4) is 0 Å². The number of anilines is 1. The van der Waals surface area contributed by atoms with Crippen molar-refractivity contribution in [1.29, 1.82) is 0 Å². The fourth-order valence-electron chi connectivity index (χ4n) is 5.86. The summed E-state index contributed by atoms with van der Waals surface area (Å²) in [5.74, 6) is -0.307. The lowest BCUT2D eigenvalue weighted by Gasteiger charge is -2.35. The van der Waals surface area contributed by atoms with E-state index in [-0.39, 0.29) is 11.9 Å². The first-order valence-electron chi connectivity index (χ1n) is 12.6. The predicted molar refractivity (Wildman–Crippen MR) is 133 cm³/mol. The number of methoxy groups -OCH3 is 1. The molecule has 0 aromatic heterocycles. The van der Waals surface area contributed by atoms with Crippen LogP contribution in [0.25, 0.3) is 0 Å². The minimum atomic E-state index is -0.426. The first-order valence-corrected chi connectivity index (χ1v) is 12.6. The minimum Gasteiger partial charge on any atom is -0.467 e. The highest BCUT2D eigenvalue weighted by atomic mass is 16.5. The summed E-state index contributed by atoms with van der Waals surface area (Å²) in [5, 5.41) is 3.91. The number of amides is 1. The smallest absolute Gasteiger partial charge is 0.328 e. The molecule has 0 spiro atoms. The number of piperidine rings is 1. The normalized spacial score (nSPS) is 21.0. The second-order valence-corrected chi connectivity index (χ2v) is 9.91. The van der Waals surface area contributed by atoms with Crippen LogP contribution in [-0.4, -0.2) is 61.6 Å². The van der Waals surface area contributed by atoms with Crippen LogP contribution in [0, 0.1) is 0 Å². The lowest BCUT2D eigenvalue weighted by molar-refractivity contribution is -0.150. The molecular weight excluding hydrogens is 426 g/mol. The number of nitrogens with one attached hydrogen (secondary N) is 1. The van der Waals surface area contributed by atoms with Crippen molar-refractivity contribution in [3.05, 3.63) is 65.2 Å². The largest absolute Gasteiger partial charge is 0.467 e. The van der Waals surface area contributed by atoms with Crippen LogP contribution >= 0.6 is 0 Å². The van der Waals surface area contributed by atoms with E-state index in [9.17, 15) is 9.59 Å². The molecule has 2 aliphatic heterocycles.